The predicted octanol–water partition coefficient (Wildman–Crippen LogP) is 2.12. The first-order valence-corrected chi connectivity index (χ1v) is 6.53. The highest BCUT2D eigenvalue weighted by Crippen LogP contribution is 2.06. The normalized spacial score (nSPS) is 12.6. The topological polar surface area (TPSA) is 36.4 Å². The van der Waals surface area contributed by atoms with Gasteiger partial charge in [-0.1, -0.05) is 36.4 Å². The van der Waals surface area contributed by atoms with E-state index in [4.69, 9.17) is 0 Å². The summed E-state index contributed by atoms with van der Waals surface area (Å²) in [5, 5.41) is 10.1. The van der Waals surface area contributed by atoms with Crippen LogP contribution in [0, 0.1) is 0 Å². The molecule has 0 saturated heterocycles. The van der Waals surface area contributed by atoms with Crippen molar-refractivity contribution < 1.29 is 5.11 Å². The molecule has 2 aromatic rings. The Morgan fingerprint density at radius 1 is 1.11 bits per heavy atom. The van der Waals surface area contributed by atoms with Crippen LogP contribution in [0.15, 0.2) is 54.9 Å². The highest BCUT2D eigenvalue weighted by atomic mass is 16.3. The number of aliphatic hydroxyl groups excluding tert-OH is 1. The van der Waals surface area contributed by atoms with Gasteiger partial charge in [0.2, 0.25) is 0 Å². The summed E-state index contributed by atoms with van der Waals surface area (Å²) in [6, 6.07) is 14.1. The molecule has 19 heavy (non-hydrogen) atoms. The number of nitrogens with zero attached hydrogens (tertiary/aromatic N) is 2. The monoisotopic (exact) mass is 256 g/mol. The summed E-state index contributed by atoms with van der Waals surface area (Å²) in [6.45, 7) is 1.46. The molecule has 1 aromatic heterocycles. The van der Waals surface area contributed by atoms with Crippen molar-refractivity contribution in [3.63, 3.8) is 0 Å². The molecule has 2 rings (SSSR count). The maximum atomic E-state index is 10.1. The van der Waals surface area contributed by atoms with Crippen molar-refractivity contribution in [1.29, 1.82) is 0 Å². The first kappa shape index (κ1) is 13.7. The highest BCUT2D eigenvalue weighted by molar-refractivity contribution is 5.15. The minimum atomic E-state index is -0.343. The van der Waals surface area contributed by atoms with Gasteiger partial charge in [0, 0.05) is 25.5 Å². The Morgan fingerprint density at radius 2 is 1.84 bits per heavy atom. The fourth-order valence-electron chi connectivity index (χ4n) is 2.18. The summed E-state index contributed by atoms with van der Waals surface area (Å²) < 4.78 is 0. The van der Waals surface area contributed by atoms with Crippen molar-refractivity contribution in [3.8, 4) is 0 Å². The second-order valence-corrected chi connectivity index (χ2v) is 4.90. The molecule has 0 aliphatic carbocycles. The lowest BCUT2D eigenvalue weighted by atomic mass is 10.1. The van der Waals surface area contributed by atoms with E-state index in [2.05, 4.69) is 9.88 Å². The van der Waals surface area contributed by atoms with E-state index >= 15 is 0 Å². The second kappa shape index (κ2) is 7.02. The number of hydrogen-bond donors (Lipinski definition) is 1. The van der Waals surface area contributed by atoms with Crippen LogP contribution in [0.4, 0.5) is 0 Å². The lowest BCUT2D eigenvalue weighted by Gasteiger charge is -2.20. The Bertz CT molecular complexity index is 427. The molecule has 0 aliphatic rings. The molecule has 0 saturated carbocycles. The third kappa shape index (κ3) is 4.81. The van der Waals surface area contributed by atoms with Crippen LogP contribution in [0.2, 0.25) is 0 Å². The van der Waals surface area contributed by atoms with E-state index in [1.54, 1.807) is 6.20 Å². The molecule has 0 bridgehead atoms. The van der Waals surface area contributed by atoms with Gasteiger partial charge < -0.3 is 5.11 Å². The van der Waals surface area contributed by atoms with Crippen LogP contribution in [-0.2, 0) is 13.0 Å². The Hall–Kier alpha value is -1.71. The summed E-state index contributed by atoms with van der Waals surface area (Å²) in [7, 11) is 2.02. The van der Waals surface area contributed by atoms with Crippen LogP contribution in [0.3, 0.4) is 0 Å². The van der Waals surface area contributed by atoms with Crippen LogP contribution in [0.25, 0.3) is 0 Å². The van der Waals surface area contributed by atoms with E-state index in [0.717, 1.165) is 12.1 Å². The van der Waals surface area contributed by atoms with Gasteiger partial charge in [0.15, 0.2) is 0 Å². The van der Waals surface area contributed by atoms with E-state index in [1.165, 1.54) is 5.56 Å². The Labute approximate surface area is 114 Å². The zero-order chi connectivity index (χ0) is 13.5. The molecule has 0 amide bonds. The molecule has 3 nitrogen and oxygen atoms in total. The number of rotatable bonds is 6. The Balaban J connectivity index is 1.80. The van der Waals surface area contributed by atoms with Gasteiger partial charge in [-0.15, -0.1) is 0 Å². The molecular weight excluding hydrogens is 236 g/mol. The van der Waals surface area contributed by atoms with Gasteiger partial charge in [-0.25, -0.2) is 0 Å². The molecular formula is C16H20N2O. The molecule has 100 valence electrons. The van der Waals surface area contributed by atoms with Gasteiger partial charge in [-0.05, 0) is 30.7 Å². The Kier molecular flexibility index (Phi) is 5.07. The first-order chi connectivity index (χ1) is 9.24. The third-order valence-electron chi connectivity index (χ3n) is 3.01. The number of likely N-dealkylation sites (N-methyl/N-ethyl adjacent to an activating group) is 1. The third-order valence-corrected chi connectivity index (χ3v) is 3.01. The van der Waals surface area contributed by atoms with E-state index in [9.17, 15) is 5.11 Å². The van der Waals surface area contributed by atoms with E-state index < -0.39 is 0 Å². The van der Waals surface area contributed by atoms with E-state index in [1.807, 2.05) is 55.7 Å². The quantitative estimate of drug-likeness (QED) is 0.860. The van der Waals surface area contributed by atoms with Gasteiger partial charge >= 0.3 is 0 Å². The number of aliphatic hydroxyl groups is 1. The summed E-state index contributed by atoms with van der Waals surface area (Å²) in [6.07, 6.45) is 3.98. The molecule has 1 heterocycles. The molecule has 1 unspecified atom stereocenters. The van der Waals surface area contributed by atoms with Crippen LogP contribution < -0.4 is 0 Å². The summed E-state index contributed by atoms with van der Waals surface area (Å²) in [5.74, 6) is 0. The van der Waals surface area contributed by atoms with Crippen LogP contribution in [0.5, 0.6) is 0 Å². The van der Waals surface area contributed by atoms with Crippen LogP contribution in [0.1, 0.15) is 11.1 Å². The van der Waals surface area contributed by atoms with Crippen LogP contribution >= 0.6 is 0 Å². The number of aromatic nitrogens is 1. The standard InChI is InChI=1S/C16H20N2O/c1-18(12-15-8-5-9-17-11-15)13-16(19)10-14-6-3-2-4-7-14/h2-9,11,16,19H,10,12-13H2,1H3. The number of benzene rings is 1. The van der Waals surface area contributed by atoms with Gasteiger partial charge in [0.25, 0.3) is 0 Å². The average Bonchev–Trinajstić information content (AvgIpc) is 2.40. The smallest absolute Gasteiger partial charge is 0.0707 e. The maximum absolute atomic E-state index is 10.1. The SMILES string of the molecule is CN(Cc1cccnc1)CC(O)Cc1ccccc1. The van der Waals surface area contributed by atoms with E-state index in [-0.39, 0.29) is 6.10 Å². The van der Waals surface area contributed by atoms with Crippen LogP contribution in [-0.4, -0.2) is 34.7 Å². The Morgan fingerprint density at radius 3 is 2.53 bits per heavy atom. The van der Waals surface area contributed by atoms with Crippen molar-refractivity contribution in [1.82, 2.24) is 9.88 Å². The van der Waals surface area contributed by atoms with Gasteiger partial charge in [0.05, 0.1) is 6.10 Å². The summed E-state index contributed by atoms with van der Waals surface area (Å²) in [4.78, 5) is 6.21. The molecule has 0 radical (unpaired) electrons. The first-order valence-electron chi connectivity index (χ1n) is 6.53. The minimum absolute atomic E-state index is 0.343. The molecule has 1 N–H and O–H groups in total. The lowest BCUT2D eigenvalue weighted by Crippen LogP contribution is -2.30. The zero-order valence-electron chi connectivity index (χ0n) is 11.2. The van der Waals surface area contributed by atoms with Gasteiger partial charge in [-0.2, -0.15) is 0 Å². The van der Waals surface area contributed by atoms with Crippen molar-refractivity contribution in [2.75, 3.05) is 13.6 Å². The lowest BCUT2D eigenvalue weighted by molar-refractivity contribution is 0.123. The summed E-state index contributed by atoms with van der Waals surface area (Å²) >= 11 is 0. The average molecular weight is 256 g/mol. The number of pyridine rings is 1. The molecule has 1 aromatic carbocycles. The molecule has 3 heteroatoms. The summed E-state index contributed by atoms with van der Waals surface area (Å²) in [5.41, 5.74) is 2.33. The fourth-order valence-corrected chi connectivity index (χ4v) is 2.18. The van der Waals surface area contributed by atoms with Gasteiger partial charge in [0.1, 0.15) is 0 Å². The predicted molar refractivity (Wildman–Crippen MR) is 76.7 cm³/mol. The second-order valence-electron chi connectivity index (χ2n) is 4.90. The van der Waals surface area contributed by atoms with Gasteiger partial charge in [-0.3, -0.25) is 9.88 Å². The molecule has 0 spiro atoms. The molecule has 0 aliphatic heterocycles. The zero-order valence-corrected chi connectivity index (χ0v) is 11.2. The molecule has 0 fully saturated rings. The molecule has 1 atom stereocenters. The van der Waals surface area contributed by atoms with Crippen molar-refractivity contribution >= 4 is 0 Å². The number of hydrogen-bond acceptors (Lipinski definition) is 3. The largest absolute Gasteiger partial charge is 0.391 e. The van der Waals surface area contributed by atoms with Crippen molar-refractivity contribution in [2.24, 2.45) is 0 Å². The maximum Gasteiger partial charge on any atom is 0.0707 e. The minimum Gasteiger partial charge on any atom is -0.391 e. The van der Waals surface area contributed by atoms with Crippen molar-refractivity contribution in [2.45, 2.75) is 19.1 Å². The van der Waals surface area contributed by atoms with E-state index in [0.29, 0.717) is 13.0 Å². The highest BCUT2D eigenvalue weighted by Gasteiger charge is 2.09. The van der Waals surface area contributed by atoms with Crippen molar-refractivity contribution in [3.05, 3.63) is 66.0 Å². The fraction of sp³-hybridized carbons (Fsp3) is 0.312.